The van der Waals surface area contributed by atoms with E-state index >= 15 is 0 Å². The fourth-order valence-corrected chi connectivity index (χ4v) is 2.68. The van der Waals surface area contributed by atoms with Crippen molar-refractivity contribution in [2.24, 2.45) is 0 Å². The fraction of sp³-hybridized carbons (Fsp3) is 0.286. The number of carbonyl (C=O) groups is 1. The second kappa shape index (κ2) is 5.33. The van der Waals surface area contributed by atoms with Crippen molar-refractivity contribution in [3.63, 3.8) is 0 Å². The standard InChI is InChI=1S/C14H17N3O3S/c1-8-5-6-11(21(4,19)20)7-12(8)15-14(18)13-9(2)16-17-10(13)3/h5-7H,1-4H3,(H,15,18)(H,16,17). The van der Waals surface area contributed by atoms with Crippen molar-refractivity contribution in [3.8, 4) is 0 Å². The summed E-state index contributed by atoms with van der Waals surface area (Å²) in [4.78, 5) is 12.5. The van der Waals surface area contributed by atoms with Crippen LogP contribution in [0.1, 0.15) is 27.3 Å². The summed E-state index contributed by atoms with van der Waals surface area (Å²) in [6.45, 7) is 5.30. The fourth-order valence-electron chi connectivity index (χ4n) is 2.04. The number of carbonyl (C=O) groups excluding carboxylic acids is 1. The lowest BCUT2D eigenvalue weighted by atomic mass is 10.1. The predicted molar refractivity (Wildman–Crippen MR) is 80.3 cm³/mol. The molecule has 0 aliphatic rings. The molecular formula is C14H17N3O3S. The molecule has 0 bridgehead atoms. The van der Waals surface area contributed by atoms with Crippen LogP contribution in [0.5, 0.6) is 0 Å². The van der Waals surface area contributed by atoms with E-state index in [9.17, 15) is 13.2 Å². The van der Waals surface area contributed by atoms with Crippen molar-refractivity contribution in [1.29, 1.82) is 0 Å². The van der Waals surface area contributed by atoms with Crippen LogP contribution >= 0.6 is 0 Å². The van der Waals surface area contributed by atoms with Gasteiger partial charge in [0.2, 0.25) is 0 Å². The van der Waals surface area contributed by atoms with Crippen LogP contribution in [-0.4, -0.2) is 30.8 Å². The number of anilines is 1. The van der Waals surface area contributed by atoms with Crippen LogP contribution in [0, 0.1) is 20.8 Å². The smallest absolute Gasteiger partial charge is 0.259 e. The summed E-state index contributed by atoms with van der Waals surface area (Å²) in [5.74, 6) is -0.312. The van der Waals surface area contributed by atoms with E-state index in [0.29, 0.717) is 22.6 Å². The predicted octanol–water partition coefficient (Wildman–Crippen LogP) is 1.99. The van der Waals surface area contributed by atoms with Crippen LogP contribution in [0.15, 0.2) is 23.1 Å². The molecule has 0 aliphatic carbocycles. The Balaban J connectivity index is 2.38. The highest BCUT2D eigenvalue weighted by Gasteiger charge is 2.17. The summed E-state index contributed by atoms with van der Waals surface area (Å²) in [5.41, 5.74) is 3.00. The maximum absolute atomic E-state index is 12.3. The number of H-pyrrole nitrogens is 1. The van der Waals surface area contributed by atoms with Gasteiger partial charge in [-0.05, 0) is 38.5 Å². The highest BCUT2D eigenvalue weighted by Crippen LogP contribution is 2.21. The molecular weight excluding hydrogens is 290 g/mol. The van der Waals surface area contributed by atoms with Crippen LogP contribution in [-0.2, 0) is 9.84 Å². The SMILES string of the molecule is Cc1ccc(S(C)(=O)=O)cc1NC(=O)c1c(C)n[nH]c1C. The Bertz CT molecular complexity index is 787. The molecule has 2 rings (SSSR count). The van der Waals surface area contributed by atoms with Crippen molar-refractivity contribution in [3.05, 3.63) is 40.7 Å². The quantitative estimate of drug-likeness (QED) is 0.907. The summed E-state index contributed by atoms with van der Waals surface area (Å²) < 4.78 is 23.2. The molecule has 1 aromatic carbocycles. The van der Waals surface area contributed by atoms with E-state index in [-0.39, 0.29) is 10.8 Å². The Morgan fingerprint density at radius 2 is 1.90 bits per heavy atom. The number of hydrogen-bond donors (Lipinski definition) is 2. The van der Waals surface area contributed by atoms with Crippen molar-refractivity contribution in [2.75, 3.05) is 11.6 Å². The molecule has 0 spiro atoms. The van der Waals surface area contributed by atoms with Gasteiger partial charge in [0.25, 0.3) is 5.91 Å². The summed E-state index contributed by atoms with van der Waals surface area (Å²) in [5, 5.41) is 9.47. The van der Waals surface area contributed by atoms with E-state index in [1.54, 1.807) is 26.8 Å². The van der Waals surface area contributed by atoms with Crippen molar-refractivity contribution in [2.45, 2.75) is 25.7 Å². The van der Waals surface area contributed by atoms with Gasteiger partial charge in [-0.15, -0.1) is 0 Å². The number of nitrogens with zero attached hydrogens (tertiary/aromatic N) is 1. The molecule has 7 heteroatoms. The van der Waals surface area contributed by atoms with Gasteiger partial charge in [0.15, 0.2) is 9.84 Å². The average molecular weight is 307 g/mol. The Morgan fingerprint density at radius 1 is 1.24 bits per heavy atom. The van der Waals surface area contributed by atoms with Crippen molar-refractivity contribution in [1.82, 2.24) is 10.2 Å². The number of aromatic nitrogens is 2. The molecule has 1 aromatic heterocycles. The lowest BCUT2D eigenvalue weighted by Crippen LogP contribution is -2.15. The molecule has 0 saturated heterocycles. The average Bonchev–Trinajstić information content (AvgIpc) is 2.70. The highest BCUT2D eigenvalue weighted by molar-refractivity contribution is 7.90. The molecule has 112 valence electrons. The molecule has 21 heavy (non-hydrogen) atoms. The first kappa shape index (κ1) is 15.2. The normalized spacial score (nSPS) is 11.4. The van der Waals surface area contributed by atoms with Crippen LogP contribution in [0.25, 0.3) is 0 Å². The van der Waals surface area contributed by atoms with Crippen LogP contribution < -0.4 is 5.32 Å². The van der Waals surface area contributed by atoms with E-state index in [4.69, 9.17) is 0 Å². The molecule has 0 saturated carbocycles. The molecule has 0 fully saturated rings. The van der Waals surface area contributed by atoms with Crippen LogP contribution in [0.3, 0.4) is 0 Å². The Hall–Kier alpha value is -2.15. The van der Waals surface area contributed by atoms with Gasteiger partial charge in [-0.1, -0.05) is 6.07 Å². The van der Waals surface area contributed by atoms with Crippen molar-refractivity contribution >= 4 is 21.4 Å². The molecule has 0 radical (unpaired) electrons. The third-order valence-electron chi connectivity index (χ3n) is 3.24. The second-order valence-corrected chi connectivity index (χ2v) is 7.03. The lowest BCUT2D eigenvalue weighted by Gasteiger charge is -2.10. The van der Waals surface area contributed by atoms with E-state index in [1.165, 1.54) is 12.1 Å². The zero-order chi connectivity index (χ0) is 15.8. The Morgan fingerprint density at radius 3 is 2.43 bits per heavy atom. The summed E-state index contributed by atoms with van der Waals surface area (Å²) in [7, 11) is -3.32. The first-order valence-electron chi connectivity index (χ1n) is 6.34. The zero-order valence-electron chi connectivity index (χ0n) is 12.3. The molecule has 2 N–H and O–H groups in total. The van der Waals surface area contributed by atoms with Crippen molar-refractivity contribution < 1.29 is 13.2 Å². The number of sulfone groups is 1. The number of hydrogen-bond acceptors (Lipinski definition) is 4. The highest BCUT2D eigenvalue weighted by atomic mass is 32.2. The molecule has 1 heterocycles. The number of amides is 1. The summed E-state index contributed by atoms with van der Waals surface area (Å²) >= 11 is 0. The van der Waals surface area contributed by atoms with Gasteiger partial charge < -0.3 is 5.32 Å². The monoisotopic (exact) mass is 307 g/mol. The maximum Gasteiger partial charge on any atom is 0.259 e. The minimum atomic E-state index is -3.32. The van der Waals surface area contributed by atoms with Gasteiger partial charge in [-0.3, -0.25) is 9.89 Å². The number of rotatable bonds is 3. The van der Waals surface area contributed by atoms with E-state index in [2.05, 4.69) is 15.5 Å². The Labute approximate surface area is 123 Å². The van der Waals surface area contributed by atoms with Gasteiger partial charge >= 0.3 is 0 Å². The third kappa shape index (κ3) is 3.13. The van der Waals surface area contributed by atoms with E-state index in [1.807, 2.05) is 0 Å². The molecule has 1 amide bonds. The summed E-state index contributed by atoms with van der Waals surface area (Å²) in [6, 6.07) is 4.66. The zero-order valence-corrected chi connectivity index (χ0v) is 13.1. The minimum absolute atomic E-state index is 0.170. The van der Waals surface area contributed by atoms with Gasteiger partial charge in [-0.25, -0.2) is 8.42 Å². The molecule has 0 unspecified atom stereocenters. The maximum atomic E-state index is 12.3. The van der Waals surface area contributed by atoms with E-state index < -0.39 is 9.84 Å². The number of aromatic amines is 1. The lowest BCUT2D eigenvalue weighted by molar-refractivity contribution is 0.102. The largest absolute Gasteiger partial charge is 0.322 e. The van der Waals surface area contributed by atoms with E-state index in [0.717, 1.165) is 11.8 Å². The third-order valence-corrected chi connectivity index (χ3v) is 4.35. The van der Waals surface area contributed by atoms with Crippen LogP contribution in [0.4, 0.5) is 5.69 Å². The van der Waals surface area contributed by atoms with Crippen LogP contribution in [0.2, 0.25) is 0 Å². The molecule has 2 aromatic rings. The summed E-state index contributed by atoms with van der Waals surface area (Å²) in [6.07, 6.45) is 1.13. The number of nitrogens with one attached hydrogen (secondary N) is 2. The topological polar surface area (TPSA) is 91.9 Å². The Kier molecular flexibility index (Phi) is 3.87. The van der Waals surface area contributed by atoms with Gasteiger partial charge in [-0.2, -0.15) is 5.10 Å². The number of benzene rings is 1. The molecule has 0 aliphatic heterocycles. The first-order chi connectivity index (χ1) is 9.70. The number of aryl methyl sites for hydroxylation is 3. The van der Waals surface area contributed by atoms with Gasteiger partial charge in [0.1, 0.15) is 0 Å². The minimum Gasteiger partial charge on any atom is -0.322 e. The van der Waals surface area contributed by atoms with Gasteiger partial charge in [0.05, 0.1) is 16.2 Å². The molecule has 0 atom stereocenters. The second-order valence-electron chi connectivity index (χ2n) is 5.01. The first-order valence-corrected chi connectivity index (χ1v) is 8.23. The van der Waals surface area contributed by atoms with Gasteiger partial charge in [0, 0.05) is 17.6 Å². The molecule has 6 nitrogen and oxygen atoms in total.